The first-order valence-corrected chi connectivity index (χ1v) is 5.91. The Morgan fingerprint density at radius 1 is 1.44 bits per heavy atom. The molecule has 2 aromatic rings. The van der Waals surface area contributed by atoms with Gasteiger partial charge in [-0.1, -0.05) is 32.6 Å². The molecule has 1 aromatic heterocycles. The molecule has 0 aliphatic carbocycles. The summed E-state index contributed by atoms with van der Waals surface area (Å²) in [5, 5.41) is 9.16. The molecule has 0 unspecified atom stereocenters. The van der Waals surface area contributed by atoms with Crippen LogP contribution in [0.1, 0.15) is 25.2 Å². The van der Waals surface area contributed by atoms with Gasteiger partial charge >= 0.3 is 0 Å². The van der Waals surface area contributed by atoms with Gasteiger partial charge in [0.05, 0.1) is 11.2 Å². The normalized spacial score (nSPS) is 9.78. The van der Waals surface area contributed by atoms with Crippen LogP contribution in [-0.2, 0) is 13.7 Å². The number of aliphatic hydroxyl groups excluding tert-OH is 1. The molecule has 0 bridgehead atoms. The second-order valence-corrected chi connectivity index (χ2v) is 3.48. The number of aryl methyl sites for hydroxylation is 1. The van der Waals surface area contributed by atoms with E-state index in [2.05, 4.69) is 23.3 Å². The third-order valence-electron chi connectivity index (χ3n) is 2.67. The first-order chi connectivity index (χ1) is 8.72. The maximum absolute atomic E-state index is 9.16. The van der Waals surface area contributed by atoms with E-state index in [9.17, 15) is 0 Å². The standard InChI is InChI=1S/C12H13N3O.C2H6/c1-4-8-5-6-9-12(11(8)13-2)14-10(7-16)15(9)3;1-2/h4-6,16H,1-2,7H2,3H3;1-2H3. The van der Waals surface area contributed by atoms with Crippen LogP contribution in [0.15, 0.2) is 23.7 Å². The Hall–Kier alpha value is -1.94. The molecule has 1 N–H and O–H groups in total. The fourth-order valence-corrected chi connectivity index (χ4v) is 1.78. The summed E-state index contributed by atoms with van der Waals surface area (Å²) in [6.45, 7) is 11.2. The first kappa shape index (κ1) is 14.1. The van der Waals surface area contributed by atoms with Gasteiger partial charge in [-0.25, -0.2) is 4.98 Å². The molecule has 0 amide bonds. The number of aliphatic imine (C=N–C) groups is 1. The van der Waals surface area contributed by atoms with Crippen LogP contribution in [-0.4, -0.2) is 21.4 Å². The van der Waals surface area contributed by atoms with Crippen LogP contribution in [0.25, 0.3) is 17.1 Å². The minimum absolute atomic E-state index is 0.0921. The molecule has 96 valence electrons. The maximum atomic E-state index is 9.16. The predicted molar refractivity (Wildman–Crippen MR) is 77.3 cm³/mol. The van der Waals surface area contributed by atoms with Gasteiger partial charge in [0.25, 0.3) is 0 Å². The van der Waals surface area contributed by atoms with E-state index in [0.717, 1.165) is 16.6 Å². The molecule has 0 aliphatic rings. The lowest BCUT2D eigenvalue weighted by atomic mass is 10.1. The number of hydrogen-bond donors (Lipinski definition) is 1. The van der Waals surface area contributed by atoms with E-state index in [1.165, 1.54) is 0 Å². The quantitative estimate of drug-likeness (QED) is 0.845. The molecule has 0 saturated heterocycles. The Labute approximate surface area is 107 Å². The van der Waals surface area contributed by atoms with Gasteiger partial charge in [-0.05, 0) is 12.8 Å². The molecule has 4 nitrogen and oxygen atoms in total. The Kier molecular flexibility index (Phi) is 4.80. The third kappa shape index (κ3) is 2.19. The third-order valence-corrected chi connectivity index (χ3v) is 2.67. The van der Waals surface area contributed by atoms with Crippen molar-refractivity contribution in [1.29, 1.82) is 0 Å². The molecule has 1 heterocycles. The summed E-state index contributed by atoms with van der Waals surface area (Å²) in [6.07, 6.45) is 1.72. The highest BCUT2D eigenvalue weighted by molar-refractivity contribution is 5.92. The molecular weight excluding hydrogens is 226 g/mol. The molecule has 0 saturated carbocycles. The van der Waals surface area contributed by atoms with Gasteiger partial charge in [-0.15, -0.1) is 0 Å². The van der Waals surface area contributed by atoms with E-state index in [4.69, 9.17) is 5.11 Å². The Bertz CT molecular complexity index is 570. The van der Waals surface area contributed by atoms with Crippen molar-refractivity contribution in [3.8, 4) is 0 Å². The lowest BCUT2D eigenvalue weighted by Gasteiger charge is -2.01. The number of imidazole rings is 1. The zero-order valence-corrected chi connectivity index (χ0v) is 11.1. The highest BCUT2D eigenvalue weighted by atomic mass is 16.3. The van der Waals surface area contributed by atoms with E-state index in [0.29, 0.717) is 11.5 Å². The highest BCUT2D eigenvalue weighted by Crippen LogP contribution is 2.30. The maximum Gasteiger partial charge on any atom is 0.135 e. The van der Waals surface area contributed by atoms with Gasteiger partial charge in [-0.3, -0.25) is 4.99 Å². The van der Waals surface area contributed by atoms with Gasteiger partial charge in [0.1, 0.15) is 17.9 Å². The van der Waals surface area contributed by atoms with Crippen molar-refractivity contribution in [3.63, 3.8) is 0 Å². The van der Waals surface area contributed by atoms with Crippen molar-refractivity contribution in [2.24, 2.45) is 12.0 Å². The van der Waals surface area contributed by atoms with Crippen LogP contribution in [0.4, 0.5) is 5.69 Å². The summed E-state index contributed by atoms with van der Waals surface area (Å²) in [6, 6.07) is 3.86. The van der Waals surface area contributed by atoms with E-state index in [1.54, 1.807) is 6.08 Å². The van der Waals surface area contributed by atoms with Crippen molar-refractivity contribution >= 4 is 29.5 Å². The number of aliphatic hydroxyl groups is 1. The summed E-state index contributed by atoms with van der Waals surface area (Å²) in [7, 11) is 1.86. The van der Waals surface area contributed by atoms with Crippen LogP contribution in [0.2, 0.25) is 0 Å². The zero-order valence-electron chi connectivity index (χ0n) is 11.1. The van der Waals surface area contributed by atoms with E-state index in [1.807, 2.05) is 37.6 Å². The Morgan fingerprint density at radius 3 is 2.61 bits per heavy atom. The predicted octanol–water partition coefficient (Wildman–Crippen LogP) is 3.07. The van der Waals surface area contributed by atoms with Gasteiger partial charge in [0.15, 0.2) is 0 Å². The second kappa shape index (κ2) is 6.12. The van der Waals surface area contributed by atoms with Gasteiger partial charge in [0.2, 0.25) is 0 Å². The zero-order chi connectivity index (χ0) is 13.7. The Morgan fingerprint density at radius 2 is 2.11 bits per heavy atom. The average molecular weight is 245 g/mol. The van der Waals surface area contributed by atoms with Crippen molar-refractivity contribution in [3.05, 3.63) is 30.1 Å². The number of nitrogens with zero attached hydrogens (tertiary/aromatic N) is 3. The lowest BCUT2D eigenvalue weighted by molar-refractivity contribution is 0.268. The number of fused-ring (bicyclic) bond motifs is 1. The van der Waals surface area contributed by atoms with Gasteiger partial charge in [-0.2, -0.15) is 0 Å². The van der Waals surface area contributed by atoms with E-state index < -0.39 is 0 Å². The lowest BCUT2D eigenvalue weighted by Crippen LogP contribution is -1.96. The fraction of sp³-hybridized carbons (Fsp3) is 0.286. The summed E-state index contributed by atoms with van der Waals surface area (Å²) >= 11 is 0. The molecular formula is C14H19N3O. The number of benzene rings is 1. The molecule has 18 heavy (non-hydrogen) atoms. The van der Waals surface area contributed by atoms with Crippen molar-refractivity contribution in [2.75, 3.05) is 0 Å². The molecule has 0 atom stereocenters. The van der Waals surface area contributed by atoms with Crippen LogP contribution in [0, 0.1) is 0 Å². The van der Waals surface area contributed by atoms with Gasteiger partial charge in [0, 0.05) is 12.6 Å². The van der Waals surface area contributed by atoms with Gasteiger partial charge < -0.3 is 9.67 Å². The van der Waals surface area contributed by atoms with Crippen LogP contribution in [0.5, 0.6) is 0 Å². The molecule has 4 heteroatoms. The van der Waals surface area contributed by atoms with E-state index >= 15 is 0 Å². The number of aromatic nitrogens is 2. The van der Waals surface area contributed by atoms with Crippen molar-refractivity contribution in [1.82, 2.24) is 9.55 Å². The first-order valence-electron chi connectivity index (χ1n) is 5.91. The summed E-state index contributed by atoms with van der Waals surface area (Å²) < 4.78 is 1.84. The molecule has 0 spiro atoms. The van der Waals surface area contributed by atoms with Crippen molar-refractivity contribution < 1.29 is 5.11 Å². The minimum atomic E-state index is -0.0921. The number of rotatable bonds is 3. The monoisotopic (exact) mass is 245 g/mol. The smallest absolute Gasteiger partial charge is 0.135 e. The molecule has 2 rings (SSSR count). The minimum Gasteiger partial charge on any atom is -0.388 e. The Balaban J connectivity index is 0.000000771. The second-order valence-electron chi connectivity index (χ2n) is 3.48. The molecule has 0 aliphatic heterocycles. The molecule has 0 fully saturated rings. The highest BCUT2D eigenvalue weighted by Gasteiger charge is 2.11. The SMILES string of the molecule is C=Cc1ccc2c(nc(CO)n2C)c1N=C.CC. The molecule has 1 aromatic carbocycles. The van der Waals surface area contributed by atoms with Crippen LogP contribution in [0.3, 0.4) is 0 Å². The fourth-order valence-electron chi connectivity index (χ4n) is 1.78. The summed E-state index contributed by atoms with van der Waals surface area (Å²) in [5.74, 6) is 0.612. The number of hydrogen-bond acceptors (Lipinski definition) is 3. The summed E-state index contributed by atoms with van der Waals surface area (Å²) in [5.41, 5.74) is 3.28. The largest absolute Gasteiger partial charge is 0.388 e. The van der Waals surface area contributed by atoms with Crippen LogP contribution < -0.4 is 0 Å². The topological polar surface area (TPSA) is 50.4 Å². The van der Waals surface area contributed by atoms with E-state index in [-0.39, 0.29) is 6.61 Å². The average Bonchev–Trinajstić information content (AvgIpc) is 2.76. The summed E-state index contributed by atoms with van der Waals surface area (Å²) in [4.78, 5) is 8.32. The van der Waals surface area contributed by atoms with Crippen LogP contribution >= 0.6 is 0 Å². The molecule has 0 radical (unpaired) electrons. The van der Waals surface area contributed by atoms with Crippen molar-refractivity contribution in [2.45, 2.75) is 20.5 Å².